The lowest BCUT2D eigenvalue weighted by Crippen LogP contribution is -2.37. The van der Waals surface area contributed by atoms with Crippen LogP contribution in [0.5, 0.6) is 0 Å². The number of nitrogens with one attached hydrogen (secondary N) is 1. The molecule has 0 unspecified atom stereocenters. The number of benzene rings is 1. The normalized spacial score (nSPS) is 26.5. The number of amides is 1. The number of hydrogen-bond donors (Lipinski definition) is 2. The quantitative estimate of drug-likeness (QED) is 0.871. The van der Waals surface area contributed by atoms with Crippen molar-refractivity contribution in [2.75, 3.05) is 25.0 Å². The molecular formula is C19H26N2O3. The molecule has 0 bridgehead atoms. The van der Waals surface area contributed by atoms with E-state index in [1.54, 1.807) is 0 Å². The van der Waals surface area contributed by atoms with Crippen LogP contribution in [-0.4, -0.2) is 41.5 Å². The molecule has 1 aliphatic heterocycles. The van der Waals surface area contributed by atoms with Gasteiger partial charge in [0.1, 0.15) is 0 Å². The number of hydrogen-bond acceptors (Lipinski definition) is 3. The van der Waals surface area contributed by atoms with Crippen molar-refractivity contribution in [1.29, 1.82) is 0 Å². The summed E-state index contributed by atoms with van der Waals surface area (Å²) >= 11 is 0. The van der Waals surface area contributed by atoms with Gasteiger partial charge in [0.2, 0.25) is 5.91 Å². The van der Waals surface area contributed by atoms with Crippen molar-refractivity contribution in [2.24, 2.45) is 11.3 Å². The van der Waals surface area contributed by atoms with Crippen molar-refractivity contribution in [1.82, 2.24) is 4.90 Å². The molecule has 1 heterocycles. The number of likely N-dealkylation sites (tertiary alicyclic amines) is 1. The number of carboxylic acid groups (broad SMARTS) is 1. The van der Waals surface area contributed by atoms with Gasteiger partial charge in [-0.15, -0.1) is 0 Å². The number of anilines is 1. The number of aliphatic carboxylic acids is 1. The third-order valence-electron chi connectivity index (χ3n) is 5.60. The molecule has 0 aromatic heterocycles. The zero-order valence-corrected chi connectivity index (χ0v) is 14.4. The number of nitrogens with zero attached hydrogens (tertiary/aromatic N) is 1. The van der Waals surface area contributed by atoms with Crippen LogP contribution in [0, 0.1) is 11.3 Å². The summed E-state index contributed by atoms with van der Waals surface area (Å²) in [6.07, 6.45) is 2.68. The predicted molar refractivity (Wildman–Crippen MR) is 93.0 cm³/mol. The summed E-state index contributed by atoms with van der Waals surface area (Å²) in [5, 5.41) is 12.5. The van der Waals surface area contributed by atoms with Gasteiger partial charge in [-0.3, -0.25) is 14.5 Å². The molecule has 1 aromatic rings. The van der Waals surface area contributed by atoms with E-state index < -0.39 is 11.4 Å². The highest BCUT2D eigenvalue weighted by atomic mass is 16.4. The van der Waals surface area contributed by atoms with Crippen LogP contribution >= 0.6 is 0 Å². The standard InChI is InChI=1S/C19H26N2O3/c1-13(2)14-5-7-16(8-6-14)20-17(22)11-21-10-15-4-3-9-19(15,12-21)18(23)24/h5-8,13,15H,3-4,9-12H2,1-2H3,(H,20,22)(H,23,24)/t15-,19+/m0/s1. The van der Waals surface area contributed by atoms with Crippen molar-refractivity contribution in [3.63, 3.8) is 0 Å². The minimum absolute atomic E-state index is 0.0761. The van der Waals surface area contributed by atoms with Crippen molar-refractivity contribution in [2.45, 2.75) is 39.0 Å². The number of rotatable bonds is 5. The fraction of sp³-hybridized carbons (Fsp3) is 0.579. The summed E-state index contributed by atoms with van der Waals surface area (Å²) in [6, 6.07) is 7.90. The van der Waals surface area contributed by atoms with E-state index in [2.05, 4.69) is 19.2 Å². The van der Waals surface area contributed by atoms with Gasteiger partial charge >= 0.3 is 5.97 Å². The first-order valence-corrected chi connectivity index (χ1v) is 8.76. The minimum atomic E-state index is -0.697. The number of carbonyl (C=O) groups is 2. The third kappa shape index (κ3) is 3.18. The highest BCUT2D eigenvalue weighted by Gasteiger charge is 2.54. The van der Waals surface area contributed by atoms with Crippen molar-refractivity contribution >= 4 is 17.6 Å². The van der Waals surface area contributed by atoms with Crippen LogP contribution in [0.1, 0.15) is 44.6 Å². The molecule has 1 saturated carbocycles. The third-order valence-corrected chi connectivity index (χ3v) is 5.60. The Balaban J connectivity index is 1.57. The van der Waals surface area contributed by atoms with Crippen LogP contribution in [-0.2, 0) is 9.59 Å². The maximum absolute atomic E-state index is 12.3. The van der Waals surface area contributed by atoms with Gasteiger partial charge < -0.3 is 10.4 Å². The molecule has 1 amide bonds. The Hall–Kier alpha value is -1.88. The molecule has 1 aliphatic carbocycles. The molecule has 1 saturated heterocycles. The van der Waals surface area contributed by atoms with E-state index in [4.69, 9.17) is 0 Å². The average molecular weight is 330 g/mol. The van der Waals surface area contributed by atoms with Gasteiger partial charge in [0.05, 0.1) is 12.0 Å². The van der Waals surface area contributed by atoms with E-state index in [9.17, 15) is 14.7 Å². The minimum Gasteiger partial charge on any atom is -0.481 e. The lowest BCUT2D eigenvalue weighted by molar-refractivity contribution is -0.149. The summed E-state index contributed by atoms with van der Waals surface area (Å²) in [6.45, 7) is 5.74. The van der Waals surface area contributed by atoms with E-state index in [0.29, 0.717) is 19.0 Å². The molecule has 2 aliphatic rings. The van der Waals surface area contributed by atoms with E-state index >= 15 is 0 Å². The van der Waals surface area contributed by atoms with Crippen LogP contribution in [0.4, 0.5) is 5.69 Å². The number of fused-ring (bicyclic) bond motifs is 1. The molecule has 5 nitrogen and oxygen atoms in total. The first-order chi connectivity index (χ1) is 11.4. The zero-order chi connectivity index (χ0) is 17.3. The lowest BCUT2D eigenvalue weighted by atomic mass is 9.81. The topological polar surface area (TPSA) is 69.6 Å². The van der Waals surface area contributed by atoms with Gasteiger partial charge in [-0.1, -0.05) is 32.4 Å². The Morgan fingerprint density at radius 2 is 2.04 bits per heavy atom. The second-order valence-corrected chi connectivity index (χ2v) is 7.54. The molecule has 5 heteroatoms. The predicted octanol–water partition coefficient (Wildman–Crippen LogP) is 2.94. The summed E-state index contributed by atoms with van der Waals surface area (Å²) in [5.74, 6) is -0.121. The molecule has 2 N–H and O–H groups in total. The Morgan fingerprint density at radius 1 is 1.33 bits per heavy atom. The smallest absolute Gasteiger partial charge is 0.311 e. The van der Waals surface area contributed by atoms with E-state index in [0.717, 1.165) is 24.9 Å². The Kier molecular flexibility index (Phi) is 4.63. The molecule has 24 heavy (non-hydrogen) atoms. The number of carboxylic acids is 1. The van der Waals surface area contributed by atoms with E-state index in [1.807, 2.05) is 29.2 Å². The summed E-state index contributed by atoms with van der Waals surface area (Å²) < 4.78 is 0. The fourth-order valence-electron chi connectivity index (χ4n) is 4.22. The van der Waals surface area contributed by atoms with Gasteiger partial charge in [0.15, 0.2) is 0 Å². The second-order valence-electron chi connectivity index (χ2n) is 7.54. The maximum Gasteiger partial charge on any atom is 0.311 e. The van der Waals surface area contributed by atoms with Gasteiger partial charge in [-0.2, -0.15) is 0 Å². The van der Waals surface area contributed by atoms with E-state index in [1.165, 1.54) is 5.56 Å². The van der Waals surface area contributed by atoms with Gasteiger partial charge in [0.25, 0.3) is 0 Å². The Bertz CT molecular complexity index is 626. The highest BCUT2D eigenvalue weighted by Crippen LogP contribution is 2.48. The second kappa shape index (κ2) is 6.55. The largest absolute Gasteiger partial charge is 0.481 e. The summed E-state index contributed by atoms with van der Waals surface area (Å²) in [7, 11) is 0. The molecule has 130 valence electrons. The van der Waals surface area contributed by atoms with Crippen LogP contribution in [0.2, 0.25) is 0 Å². The van der Waals surface area contributed by atoms with Crippen LogP contribution in [0.3, 0.4) is 0 Å². The summed E-state index contributed by atoms with van der Waals surface area (Å²) in [5.41, 5.74) is 1.40. The number of carbonyl (C=O) groups excluding carboxylic acids is 1. The summed E-state index contributed by atoms with van der Waals surface area (Å²) in [4.78, 5) is 26.0. The lowest BCUT2D eigenvalue weighted by Gasteiger charge is -2.23. The highest BCUT2D eigenvalue weighted by molar-refractivity contribution is 5.92. The van der Waals surface area contributed by atoms with E-state index in [-0.39, 0.29) is 18.4 Å². The SMILES string of the molecule is CC(C)c1ccc(NC(=O)CN2C[C@@H]3CCC[C@@]3(C(=O)O)C2)cc1. The van der Waals surface area contributed by atoms with Crippen LogP contribution < -0.4 is 5.32 Å². The Labute approximate surface area is 143 Å². The fourth-order valence-corrected chi connectivity index (χ4v) is 4.22. The van der Waals surface area contributed by atoms with Crippen molar-refractivity contribution < 1.29 is 14.7 Å². The molecule has 1 aromatic carbocycles. The maximum atomic E-state index is 12.3. The monoisotopic (exact) mass is 330 g/mol. The molecular weight excluding hydrogens is 304 g/mol. The van der Waals surface area contributed by atoms with Crippen LogP contribution in [0.25, 0.3) is 0 Å². The molecule has 0 radical (unpaired) electrons. The van der Waals surface area contributed by atoms with Crippen molar-refractivity contribution in [3.8, 4) is 0 Å². The zero-order valence-electron chi connectivity index (χ0n) is 14.4. The molecule has 3 rings (SSSR count). The van der Waals surface area contributed by atoms with Crippen LogP contribution in [0.15, 0.2) is 24.3 Å². The van der Waals surface area contributed by atoms with Crippen molar-refractivity contribution in [3.05, 3.63) is 29.8 Å². The Morgan fingerprint density at radius 3 is 2.62 bits per heavy atom. The first kappa shape index (κ1) is 17.0. The first-order valence-electron chi connectivity index (χ1n) is 8.76. The van der Waals surface area contributed by atoms with Gasteiger partial charge in [-0.25, -0.2) is 0 Å². The van der Waals surface area contributed by atoms with Gasteiger partial charge in [-0.05, 0) is 42.4 Å². The average Bonchev–Trinajstić information content (AvgIpc) is 3.05. The molecule has 2 atom stereocenters. The van der Waals surface area contributed by atoms with Gasteiger partial charge in [0, 0.05) is 18.8 Å². The molecule has 0 spiro atoms. The molecule has 2 fully saturated rings.